The highest BCUT2D eigenvalue weighted by atomic mass is 19.1. The molecule has 1 atom stereocenters. The highest BCUT2D eigenvalue weighted by molar-refractivity contribution is 5.90. The van der Waals surface area contributed by atoms with Crippen LogP contribution < -0.4 is 5.32 Å². The SMILES string of the molecule is C[C@H](Cc1cccc(NC(=O)Cn2cc(CCCF)nn2)c1)C(=O)O. The molecule has 0 saturated heterocycles. The number of nitrogens with zero attached hydrogens (tertiary/aromatic N) is 3. The fourth-order valence-corrected chi connectivity index (χ4v) is 2.34. The Bertz CT molecular complexity index is 732. The van der Waals surface area contributed by atoms with Crippen molar-refractivity contribution in [3.8, 4) is 0 Å². The maximum Gasteiger partial charge on any atom is 0.306 e. The van der Waals surface area contributed by atoms with Crippen LogP contribution >= 0.6 is 0 Å². The number of carbonyl (C=O) groups is 2. The molecule has 25 heavy (non-hydrogen) atoms. The molecule has 0 aliphatic heterocycles. The van der Waals surface area contributed by atoms with Gasteiger partial charge in [0, 0.05) is 11.9 Å². The molecule has 0 unspecified atom stereocenters. The Morgan fingerprint density at radius 2 is 2.20 bits per heavy atom. The van der Waals surface area contributed by atoms with Gasteiger partial charge in [-0.25, -0.2) is 4.68 Å². The van der Waals surface area contributed by atoms with E-state index >= 15 is 0 Å². The highest BCUT2D eigenvalue weighted by Gasteiger charge is 2.12. The van der Waals surface area contributed by atoms with Gasteiger partial charge in [0.1, 0.15) is 6.54 Å². The molecule has 0 bridgehead atoms. The maximum absolute atomic E-state index is 12.1. The van der Waals surface area contributed by atoms with E-state index in [-0.39, 0.29) is 12.5 Å². The van der Waals surface area contributed by atoms with Crippen molar-refractivity contribution in [2.75, 3.05) is 12.0 Å². The Morgan fingerprint density at radius 3 is 2.92 bits per heavy atom. The number of alkyl halides is 1. The number of hydrogen-bond donors (Lipinski definition) is 2. The molecule has 2 aromatic rings. The molecule has 0 spiro atoms. The molecule has 0 fully saturated rings. The van der Waals surface area contributed by atoms with Gasteiger partial charge >= 0.3 is 5.97 Å². The topological polar surface area (TPSA) is 97.1 Å². The fourth-order valence-electron chi connectivity index (χ4n) is 2.34. The molecule has 8 heteroatoms. The molecule has 0 aliphatic rings. The predicted molar refractivity (Wildman–Crippen MR) is 89.9 cm³/mol. The number of carboxylic acid groups (broad SMARTS) is 1. The van der Waals surface area contributed by atoms with Crippen molar-refractivity contribution < 1.29 is 19.1 Å². The van der Waals surface area contributed by atoms with Crippen molar-refractivity contribution in [1.82, 2.24) is 15.0 Å². The summed E-state index contributed by atoms with van der Waals surface area (Å²) in [6.07, 6.45) is 2.88. The van der Waals surface area contributed by atoms with E-state index in [4.69, 9.17) is 5.11 Å². The summed E-state index contributed by atoms with van der Waals surface area (Å²) < 4.78 is 13.5. The van der Waals surface area contributed by atoms with Crippen LogP contribution in [0.3, 0.4) is 0 Å². The van der Waals surface area contributed by atoms with Crippen LogP contribution in [0.15, 0.2) is 30.5 Å². The molecule has 2 N–H and O–H groups in total. The Labute approximate surface area is 144 Å². The third kappa shape index (κ3) is 5.98. The number of rotatable bonds is 9. The van der Waals surface area contributed by atoms with Gasteiger partial charge < -0.3 is 10.4 Å². The summed E-state index contributed by atoms with van der Waals surface area (Å²) in [6, 6.07) is 7.08. The van der Waals surface area contributed by atoms with E-state index in [1.165, 1.54) is 4.68 Å². The normalized spacial score (nSPS) is 11.9. The second kappa shape index (κ2) is 8.91. The Balaban J connectivity index is 1.91. The van der Waals surface area contributed by atoms with Gasteiger partial charge in [-0.1, -0.05) is 24.3 Å². The smallest absolute Gasteiger partial charge is 0.306 e. The third-order valence-electron chi connectivity index (χ3n) is 3.63. The second-order valence-electron chi connectivity index (χ2n) is 5.89. The zero-order valence-electron chi connectivity index (χ0n) is 14.0. The summed E-state index contributed by atoms with van der Waals surface area (Å²) in [4.78, 5) is 23.0. The average molecular weight is 348 g/mol. The molecule has 1 aromatic heterocycles. The lowest BCUT2D eigenvalue weighted by Gasteiger charge is -2.09. The van der Waals surface area contributed by atoms with Crippen LogP contribution in [-0.4, -0.2) is 38.7 Å². The van der Waals surface area contributed by atoms with Crippen LogP contribution in [0.5, 0.6) is 0 Å². The lowest BCUT2D eigenvalue weighted by Crippen LogP contribution is -2.19. The van der Waals surface area contributed by atoms with Crippen LogP contribution in [0.2, 0.25) is 0 Å². The van der Waals surface area contributed by atoms with Crippen LogP contribution in [-0.2, 0) is 29.0 Å². The number of aliphatic carboxylic acids is 1. The van der Waals surface area contributed by atoms with Gasteiger partial charge in [0.25, 0.3) is 0 Å². The number of hydrogen-bond acceptors (Lipinski definition) is 4. The van der Waals surface area contributed by atoms with Crippen molar-refractivity contribution in [2.45, 2.75) is 32.7 Å². The van der Waals surface area contributed by atoms with Crippen molar-refractivity contribution in [1.29, 1.82) is 0 Å². The van der Waals surface area contributed by atoms with Crippen molar-refractivity contribution in [3.05, 3.63) is 41.7 Å². The van der Waals surface area contributed by atoms with E-state index < -0.39 is 18.6 Å². The Morgan fingerprint density at radius 1 is 1.40 bits per heavy atom. The van der Waals surface area contributed by atoms with Gasteiger partial charge in [0.2, 0.25) is 5.91 Å². The molecular formula is C17H21FN4O3. The number of carboxylic acids is 1. The average Bonchev–Trinajstić information content (AvgIpc) is 3.00. The highest BCUT2D eigenvalue weighted by Crippen LogP contribution is 2.15. The van der Waals surface area contributed by atoms with Gasteiger partial charge in [-0.3, -0.25) is 14.0 Å². The van der Waals surface area contributed by atoms with Crippen molar-refractivity contribution in [2.24, 2.45) is 5.92 Å². The first-order valence-electron chi connectivity index (χ1n) is 8.04. The molecule has 1 aromatic carbocycles. The number of carbonyl (C=O) groups excluding carboxylic acids is 1. The molecule has 2 rings (SSSR count). The minimum Gasteiger partial charge on any atom is -0.481 e. The molecule has 0 saturated carbocycles. The zero-order valence-corrected chi connectivity index (χ0v) is 14.0. The lowest BCUT2D eigenvalue weighted by atomic mass is 10.0. The Kier molecular flexibility index (Phi) is 6.62. The first-order chi connectivity index (χ1) is 12.0. The maximum atomic E-state index is 12.1. The van der Waals surface area contributed by atoms with Crippen LogP contribution in [0.25, 0.3) is 0 Å². The molecule has 1 amide bonds. The molecular weight excluding hydrogens is 327 g/mol. The number of anilines is 1. The number of benzene rings is 1. The largest absolute Gasteiger partial charge is 0.481 e. The summed E-state index contributed by atoms with van der Waals surface area (Å²) in [5.74, 6) is -1.63. The molecule has 1 heterocycles. The molecule has 0 aliphatic carbocycles. The van der Waals surface area contributed by atoms with Gasteiger partial charge in [-0.2, -0.15) is 0 Å². The van der Waals surface area contributed by atoms with Gasteiger partial charge in [0.05, 0.1) is 18.3 Å². The molecule has 134 valence electrons. The third-order valence-corrected chi connectivity index (χ3v) is 3.63. The van der Waals surface area contributed by atoms with E-state index in [1.54, 1.807) is 31.3 Å². The Hall–Kier alpha value is -2.77. The number of amides is 1. The summed E-state index contributed by atoms with van der Waals surface area (Å²) in [5.41, 5.74) is 2.08. The minimum absolute atomic E-state index is 0.00161. The molecule has 0 radical (unpaired) electrons. The number of aromatic nitrogens is 3. The van der Waals surface area contributed by atoms with E-state index in [2.05, 4.69) is 15.6 Å². The summed E-state index contributed by atoms with van der Waals surface area (Å²) in [6.45, 7) is 1.22. The van der Waals surface area contributed by atoms with Gasteiger partial charge in [0.15, 0.2) is 0 Å². The van der Waals surface area contributed by atoms with E-state index in [0.29, 0.717) is 30.6 Å². The van der Waals surface area contributed by atoms with Crippen LogP contribution in [0.1, 0.15) is 24.6 Å². The van der Waals surface area contributed by atoms with Crippen molar-refractivity contribution in [3.63, 3.8) is 0 Å². The minimum atomic E-state index is -0.857. The first-order valence-corrected chi connectivity index (χ1v) is 8.04. The predicted octanol–water partition coefficient (Wildman–Crippen LogP) is 2.08. The summed E-state index contributed by atoms with van der Waals surface area (Å²) in [5, 5.41) is 19.5. The molecule has 7 nitrogen and oxygen atoms in total. The zero-order chi connectivity index (χ0) is 18.2. The van der Waals surface area contributed by atoms with Gasteiger partial charge in [-0.05, 0) is 37.0 Å². The van der Waals surface area contributed by atoms with Crippen LogP contribution in [0.4, 0.5) is 10.1 Å². The monoisotopic (exact) mass is 348 g/mol. The second-order valence-corrected chi connectivity index (χ2v) is 5.89. The van der Waals surface area contributed by atoms with Crippen molar-refractivity contribution >= 4 is 17.6 Å². The summed E-state index contributed by atoms with van der Waals surface area (Å²) in [7, 11) is 0. The number of halogens is 1. The first kappa shape index (κ1) is 18.6. The lowest BCUT2D eigenvalue weighted by molar-refractivity contribution is -0.141. The van der Waals surface area contributed by atoms with E-state index in [0.717, 1.165) is 5.56 Å². The standard InChI is InChI=1S/C17H21FN4O3/c1-12(17(24)25)8-13-4-2-5-14(9-13)19-16(23)11-22-10-15(20-21-22)6-3-7-18/h2,4-5,9-10,12H,3,6-8,11H2,1H3,(H,19,23)(H,24,25)/t12-/m1/s1. The number of aryl methyl sites for hydroxylation is 1. The van der Waals surface area contributed by atoms with Gasteiger partial charge in [-0.15, -0.1) is 5.10 Å². The summed E-state index contributed by atoms with van der Waals surface area (Å²) >= 11 is 0. The number of nitrogens with one attached hydrogen (secondary N) is 1. The quantitative estimate of drug-likeness (QED) is 0.723. The van der Waals surface area contributed by atoms with E-state index in [9.17, 15) is 14.0 Å². The van der Waals surface area contributed by atoms with E-state index in [1.807, 2.05) is 6.07 Å². The fraction of sp³-hybridized carbons (Fsp3) is 0.412. The van der Waals surface area contributed by atoms with Crippen LogP contribution in [0, 0.1) is 5.92 Å².